The van der Waals surface area contributed by atoms with E-state index in [0.717, 1.165) is 30.2 Å². The van der Waals surface area contributed by atoms with Gasteiger partial charge in [-0.25, -0.2) is 0 Å². The number of rotatable bonds is 2. The fourth-order valence-corrected chi connectivity index (χ4v) is 1.95. The maximum Gasteiger partial charge on any atom is 0.148 e. The van der Waals surface area contributed by atoms with Crippen LogP contribution in [0.5, 0.6) is 0 Å². The van der Waals surface area contributed by atoms with E-state index in [1.165, 1.54) is 12.8 Å². The van der Waals surface area contributed by atoms with Gasteiger partial charge in [0.05, 0.1) is 0 Å². The molecule has 2 rings (SSSR count). The number of oxime groups is 1. The lowest BCUT2D eigenvalue weighted by Gasteiger charge is -2.29. The molecule has 1 fully saturated rings. The molecule has 0 radical (unpaired) electrons. The molecule has 0 aliphatic carbocycles. The highest BCUT2D eigenvalue weighted by molar-refractivity contribution is 5.98. The second kappa shape index (κ2) is 4.88. The Kier molecular flexibility index (Phi) is 3.29. The Morgan fingerprint density at radius 2 is 2.00 bits per heavy atom. The van der Waals surface area contributed by atoms with E-state index in [4.69, 9.17) is 10.6 Å². The summed E-state index contributed by atoms with van der Waals surface area (Å²) in [5.41, 5.74) is 7.59. The lowest BCUT2D eigenvalue weighted by Crippen LogP contribution is -2.35. The van der Waals surface area contributed by atoms with Crippen LogP contribution < -0.4 is 10.6 Å². The fraction of sp³-hybridized carbons (Fsp3) is 0.417. The van der Waals surface area contributed by atoms with Gasteiger partial charge in [-0.2, -0.15) is 0 Å². The average molecular weight is 219 g/mol. The first-order valence-electron chi connectivity index (χ1n) is 5.54. The minimum atomic E-state index is 0.783. The van der Waals surface area contributed by atoms with Crippen molar-refractivity contribution < 1.29 is 4.84 Å². The summed E-state index contributed by atoms with van der Waals surface area (Å²) in [6.45, 7) is 0.992. The Labute approximate surface area is 95.7 Å². The number of nitrogen functional groups attached to an aromatic ring is 1. The smallest absolute Gasteiger partial charge is 0.148 e. The van der Waals surface area contributed by atoms with Crippen molar-refractivity contribution >= 4 is 17.2 Å². The first kappa shape index (κ1) is 10.8. The van der Waals surface area contributed by atoms with Crippen LogP contribution in [-0.4, -0.2) is 19.5 Å². The zero-order valence-electron chi connectivity index (χ0n) is 9.52. The van der Waals surface area contributed by atoms with Gasteiger partial charge in [0.15, 0.2) is 0 Å². The number of benzene rings is 1. The topological polar surface area (TPSA) is 50.8 Å². The number of nitrogens with zero attached hydrogens (tertiary/aromatic N) is 2. The van der Waals surface area contributed by atoms with Crippen LogP contribution in [0.4, 0.5) is 11.4 Å². The van der Waals surface area contributed by atoms with Crippen molar-refractivity contribution in [2.45, 2.75) is 19.3 Å². The zero-order chi connectivity index (χ0) is 11.4. The number of anilines is 2. The Balaban J connectivity index is 2.23. The maximum atomic E-state index is 5.68. The summed E-state index contributed by atoms with van der Waals surface area (Å²) in [4.78, 5) is 7.07. The fourth-order valence-electron chi connectivity index (χ4n) is 1.95. The molecule has 16 heavy (non-hydrogen) atoms. The molecule has 1 heterocycles. The van der Waals surface area contributed by atoms with Gasteiger partial charge in [-0.3, -0.25) is 0 Å². The minimum Gasteiger partial charge on any atom is -0.399 e. The summed E-state index contributed by atoms with van der Waals surface area (Å²) in [7, 11) is 1.59. The molecule has 1 aromatic rings. The van der Waals surface area contributed by atoms with E-state index >= 15 is 0 Å². The highest BCUT2D eigenvalue weighted by Gasteiger charge is 2.18. The second-order valence-electron chi connectivity index (χ2n) is 3.89. The molecule has 0 unspecified atom stereocenters. The third-order valence-electron chi connectivity index (χ3n) is 2.75. The van der Waals surface area contributed by atoms with E-state index in [0.29, 0.717) is 0 Å². The van der Waals surface area contributed by atoms with Crippen molar-refractivity contribution in [1.82, 2.24) is 0 Å². The van der Waals surface area contributed by atoms with E-state index in [9.17, 15) is 0 Å². The molecule has 0 atom stereocenters. The molecule has 0 saturated carbocycles. The SMILES string of the molecule is CO/N=C1\CCCCN1c1ccc(N)cc1. The number of hydrogen-bond acceptors (Lipinski definition) is 3. The quantitative estimate of drug-likeness (QED) is 0.613. The first-order valence-corrected chi connectivity index (χ1v) is 5.54. The van der Waals surface area contributed by atoms with Gasteiger partial charge < -0.3 is 15.5 Å². The lowest BCUT2D eigenvalue weighted by molar-refractivity contribution is 0.211. The molecule has 2 N–H and O–H groups in total. The normalized spacial score (nSPS) is 18.8. The lowest BCUT2D eigenvalue weighted by atomic mass is 10.1. The third kappa shape index (κ3) is 2.27. The van der Waals surface area contributed by atoms with Gasteiger partial charge in [0.2, 0.25) is 0 Å². The Morgan fingerprint density at radius 3 is 2.69 bits per heavy atom. The summed E-state index contributed by atoms with van der Waals surface area (Å²) in [5.74, 6) is 0.999. The molecule has 1 aromatic carbocycles. The van der Waals surface area contributed by atoms with Crippen LogP contribution in [-0.2, 0) is 4.84 Å². The summed E-state index contributed by atoms with van der Waals surface area (Å²) < 4.78 is 0. The van der Waals surface area contributed by atoms with Gasteiger partial charge in [0, 0.05) is 24.3 Å². The van der Waals surface area contributed by atoms with E-state index in [-0.39, 0.29) is 0 Å². The number of hydrogen-bond donors (Lipinski definition) is 1. The molecular formula is C12H17N3O. The van der Waals surface area contributed by atoms with Crippen LogP contribution in [0.3, 0.4) is 0 Å². The first-order chi connectivity index (χ1) is 7.81. The highest BCUT2D eigenvalue weighted by atomic mass is 16.6. The summed E-state index contributed by atoms with van der Waals surface area (Å²) >= 11 is 0. The van der Waals surface area contributed by atoms with Gasteiger partial charge in [0.25, 0.3) is 0 Å². The molecule has 0 aromatic heterocycles. The average Bonchev–Trinajstić information content (AvgIpc) is 2.32. The number of piperidine rings is 1. The van der Waals surface area contributed by atoms with E-state index in [1.807, 2.05) is 24.3 Å². The van der Waals surface area contributed by atoms with Gasteiger partial charge in [-0.1, -0.05) is 5.16 Å². The summed E-state index contributed by atoms with van der Waals surface area (Å²) in [5, 5.41) is 4.08. The van der Waals surface area contributed by atoms with Crippen molar-refractivity contribution in [2.24, 2.45) is 5.16 Å². The van der Waals surface area contributed by atoms with Gasteiger partial charge in [-0.15, -0.1) is 0 Å². The van der Waals surface area contributed by atoms with Gasteiger partial charge in [-0.05, 0) is 37.1 Å². The van der Waals surface area contributed by atoms with Crippen molar-refractivity contribution in [2.75, 3.05) is 24.3 Å². The Morgan fingerprint density at radius 1 is 1.25 bits per heavy atom. The second-order valence-corrected chi connectivity index (χ2v) is 3.89. The summed E-state index contributed by atoms with van der Waals surface area (Å²) in [6, 6.07) is 7.86. The van der Waals surface area contributed by atoms with Crippen molar-refractivity contribution in [1.29, 1.82) is 0 Å². The standard InChI is InChI=1S/C12H17N3O/c1-16-14-12-4-2-3-9-15(12)11-7-5-10(13)6-8-11/h5-8H,2-4,9,13H2,1H3/b14-12+. The third-order valence-corrected chi connectivity index (χ3v) is 2.75. The monoisotopic (exact) mass is 219 g/mol. The molecule has 0 amide bonds. The van der Waals surface area contributed by atoms with Crippen molar-refractivity contribution in [3.63, 3.8) is 0 Å². The minimum absolute atomic E-state index is 0.783. The molecule has 4 nitrogen and oxygen atoms in total. The van der Waals surface area contributed by atoms with Crippen LogP contribution in [0.2, 0.25) is 0 Å². The van der Waals surface area contributed by atoms with E-state index in [1.54, 1.807) is 7.11 Å². The highest BCUT2D eigenvalue weighted by Crippen LogP contribution is 2.22. The number of amidine groups is 1. The maximum absolute atomic E-state index is 5.68. The molecule has 4 heteroatoms. The van der Waals surface area contributed by atoms with Gasteiger partial charge >= 0.3 is 0 Å². The molecule has 1 saturated heterocycles. The molecule has 0 spiro atoms. The van der Waals surface area contributed by atoms with Crippen molar-refractivity contribution in [3.05, 3.63) is 24.3 Å². The molecule has 0 bridgehead atoms. The van der Waals surface area contributed by atoms with E-state index in [2.05, 4.69) is 10.1 Å². The molecule has 86 valence electrons. The van der Waals surface area contributed by atoms with Crippen LogP contribution in [0.15, 0.2) is 29.4 Å². The van der Waals surface area contributed by atoms with Crippen molar-refractivity contribution in [3.8, 4) is 0 Å². The van der Waals surface area contributed by atoms with Crippen LogP contribution in [0, 0.1) is 0 Å². The van der Waals surface area contributed by atoms with Crippen LogP contribution in [0.1, 0.15) is 19.3 Å². The zero-order valence-corrected chi connectivity index (χ0v) is 9.52. The molecule has 1 aliphatic heterocycles. The Hall–Kier alpha value is -1.71. The predicted molar refractivity (Wildman–Crippen MR) is 66.5 cm³/mol. The largest absolute Gasteiger partial charge is 0.399 e. The molecular weight excluding hydrogens is 202 g/mol. The Bertz CT molecular complexity index is 372. The van der Waals surface area contributed by atoms with Crippen LogP contribution in [0.25, 0.3) is 0 Å². The number of nitrogens with two attached hydrogens (primary N) is 1. The molecule has 1 aliphatic rings. The summed E-state index contributed by atoms with van der Waals surface area (Å²) in [6.07, 6.45) is 3.33. The van der Waals surface area contributed by atoms with Crippen LogP contribution >= 0.6 is 0 Å². The van der Waals surface area contributed by atoms with Gasteiger partial charge in [0.1, 0.15) is 12.9 Å². The van der Waals surface area contributed by atoms with E-state index < -0.39 is 0 Å². The predicted octanol–water partition coefficient (Wildman–Crippen LogP) is 2.22.